The lowest BCUT2D eigenvalue weighted by Crippen LogP contribution is -2.24. The van der Waals surface area contributed by atoms with Crippen LogP contribution in [0.2, 0.25) is 0 Å². The largest absolute Gasteiger partial charge is 0.347 e. The van der Waals surface area contributed by atoms with Crippen LogP contribution in [-0.2, 0) is 16.6 Å². The van der Waals surface area contributed by atoms with Gasteiger partial charge in [-0.3, -0.25) is 9.52 Å². The molecule has 0 aliphatic rings. The monoisotopic (exact) mass is 404 g/mol. The first kappa shape index (κ1) is 19.1. The Morgan fingerprint density at radius 2 is 1.89 bits per heavy atom. The maximum Gasteiger partial charge on any atom is 0.261 e. The third-order valence-corrected chi connectivity index (χ3v) is 6.10. The molecule has 2 aromatic carbocycles. The Morgan fingerprint density at radius 1 is 1.11 bits per heavy atom. The molecule has 0 spiro atoms. The zero-order valence-electron chi connectivity index (χ0n) is 14.4. The Bertz CT molecular complexity index is 1060. The Hall–Kier alpha value is -2.71. The molecular formula is C19H17FN2O3S2. The van der Waals surface area contributed by atoms with Gasteiger partial charge in [0.25, 0.3) is 15.9 Å². The van der Waals surface area contributed by atoms with E-state index in [4.69, 9.17) is 0 Å². The SMILES string of the molecule is Cc1cc(S(=O)(=O)Nc2ccccc2C(=O)NCc2cccs2)ccc1F. The van der Waals surface area contributed by atoms with Crippen molar-refractivity contribution in [3.8, 4) is 0 Å². The van der Waals surface area contributed by atoms with Gasteiger partial charge in [-0.25, -0.2) is 12.8 Å². The number of hydrogen-bond acceptors (Lipinski definition) is 4. The van der Waals surface area contributed by atoms with Gasteiger partial charge < -0.3 is 5.32 Å². The second-order valence-electron chi connectivity index (χ2n) is 5.82. The topological polar surface area (TPSA) is 75.3 Å². The fourth-order valence-electron chi connectivity index (χ4n) is 2.43. The fourth-order valence-corrected chi connectivity index (χ4v) is 4.24. The van der Waals surface area contributed by atoms with Gasteiger partial charge in [0.05, 0.1) is 22.7 Å². The van der Waals surface area contributed by atoms with Gasteiger partial charge in [0.15, 0.2) is 0 Å². The van der Waals surface area contributed by atoms with Crippen molar-refractivity contribution >= 4 is 33.0 Å². The molecule has 0 saturated heterocycles. The van der Waals surface area contributed by atoms with E-state index in [1.807, 2.05) is 17.5 Å². The van der Waals surface area contributed by atoms with E-state index >= 15 is 0 Å². The molecule has 0 aliphatic heterocycles. The van der Waals surface area contributed by atoms with Gasteiger partial charge in [0.1, 0.15) is 5.82 Å². The average Bonchev–Trinajstić information content (AvgIpc) is 3.15. The number of aryl methyl sites for hydroxylation is 1. The molecule has 1 heterocycles. The molecule has 140 valence electrons. The maximum absolute atomic E-state index is 13.4. The number of benzene rings is 2. The summed E-state index contributed by atoms with van der Waals surface area (Å²) in [6.07, 6.45) is 0. The van der Waals surface area contributed by atoms with Crippen molar-refractivity contribution < 1.29 is 17.6 Å². The summed E-state index contributed by atoms with van der Waals surface area (Å²) in [6, 6.07) is 13.6. The summed E-state index contributed by atoms with van der Waals surface area (Å²) in [5.74, 6) is -0.876. The van der Waals surface area contributed by atoms with Crippen molar-refractivity contribution in [2.75, 3.05) is 4.72 Å². The molecule has 5 nitrogen and oxygen atoms in total. The average molecular weight is 404 g/mol. The number of halogens is 1. The number of amides is 1. The first-order valence-electron chi connectivity index (χ1n) is 8.05. The summed E-state index contributed by atoms with van der Waals surface area (Å²) >= 11 is 1.52. The van der Waals surface area contributed by atoms with Crippen LogP contribution in [0.25, 0.3) is 0 Å². The number of para-hydroxylation sites is 1. The van der Waals surface area contributed by atoms with E-state index < -0.39 is 21.7 Å². The van der Waals surface area contributed by atoms with E-state index in [1.165, 1.54) is 42.5 Å². The van der Waals surface area contributed by atoms with Crippen molar-refractivity contribution in [2.45, 2.75) is 18.4 Å². The van der Waals surface area contributed by atoms with E-state index in [1.54, 1.807) is 12.1 Å². The third-order valence-electron chi connectivity index (χ3n) is 3.86. The smallest absolute Gasteiger partial charge is 0.261 e. The van der Waals surface area contributed by atoms with Gasteiger partial charge in [-0.15, -0.1) is 11.3 Å². The number of hydrogen-bond donors (Lipinski definition) is 2. The summed E-state index contributed by atoms with van der Waals surface area (Å²) in [7, 11) is -3.96. The van der Waals surface area contributed by atoms with Crippen molar-refractivity contribution in [3.63, 3.8) is 0 Å². The van der Waals surface area contributed by atoms with Crippen LogP contribution in [0.5, 0.6) is 0 Å². The van der Waals surface area contributed by atoms with Crippen LogP contribution in [0.4, 0.5) is 10.1 Å². The van der Waals surface area contributed by atoms with Crippen molar-refractivity contribution in [2.24, 2.45) is 0 Å². The summed E-state index contributed by atoms with van der Waals surface area (Å²) in [4.78, 5) is 13.4. The van der Waals surface area contributed by atoms with Crippen LogP contribution < -0.4 is 10.0 Å². The van der Waals surface area contributed by atoms with Crippen molar-refractivity contribution in [3.05, 3.63) is 81.8 Å². The first-order valence-corrected chi connectivity index (χ1v) is 10.4. The quantitative estimate of drug-likeness (QED) is 0.654. The molecule has 8 heteroatoms. The van der Waals surface area contributed by atoms with Crippen LogP contribution in [0.1, 0.15) is 20.8 Å². The molecule has 0 unspecified atom stereocenters. The predicted molar refractivity (Wildman–Crippen MR) is 104 cm³/mol. The number of nitrogens with one attached hydrogen (secondary N) is 2. The predicted octanol–water partition coefficient (Wildman–Crippen LogP) is 3.93. The van der Waals surface area contributed by atoms with E-state index in [2.05, 4.69) is 10.0 Å². The lowest BCUT2D eigenvalue weighted by atomic mass is 10.1. The standard InChI is InChI=1S/C19H17FN2O3S2/c1-13-11-15(8-9-17(13)20)27(24,25)22-18-7-3-2-6-16(18)19(23)21-12-14-5-4-10-26-14/h2-11,22H,12H2,1H3,(H,21,23). The summed E-state index contributed by atoms with van der Waals surface area (Å²) in [6.45, 7) is 1.84. The number of rotatable bonds is 6. The normalized spacial score (nSPS) is 11.2. The number of thiophene rings is 1. The molecule has 0 bridgehead atoms. The number of carbonyl (C=O) groups is 1. The molecular weight excluding hydrogens is 387 g/mol. The molecule has 0 atom stereocenters. The zero-order chi connectivity index (χ0) is 19.4. The zero-order valence-corrected chi connectivity index (χ0v) is 16.0. The molecule has 1 amide bonds. The molecule has 3 rings (SSSR count). The van der Waals surface area contributed by atoms with Crippen molar-refractivity contribution in [1.29, 1.82) is 0 Å². The molecule has 0 saturated carbocycles. The molecule has 0 radical (unpaired) electrons. The molecule has 3 aromatic rings. The first-order chi connectivity index (χ1) is 12.9. The number of carbonyl (C=O) groups excluding carboxylic acids is 1. The second kappa shape index (κ2) is 7.89. The van der Waals surface area contributed by atoms with E-state index in [9.17, 15) is 17.6 Å². The molecule has 0 aliphatic carbocycles. The molecule has 27 heavy (non-hydrogen) atoms. The Kier molecular flexibility index (Phi) is 5.57. The van der Waals surface area contributed by atoms with Gasteiger partial charge in [-0.2, -0.15) is 0 Å². The second-order valence-corrected chi connectivity index (χ2v) is 8.54. The summed E-state index contributed by atoms with van der Waals surface area (Å²) in [5.41, 5.74) is 0.583. The van der Waals surface area contributed by atoms with Gasteiger partial charge in [0.2, 0.25) is 0 Å². The van der Waals surface area contributed by atoms with Crippen LogP contribution >= 0.6 is 11.3 Å². The lowest BCUT2D eigenvalue weighted by Gasteiger charge is -2.13. The van der Waals surface area contributed by atoms with E-state index in [-0.39, 0.29) is 21.7 Å². The van der Waals surface area contributed by atoms with Crippen molar-refractivity contribution in [1.82, 2.24) is 5.32 Å². The molecule has 2 N–H and O–H groups in total. The summed E-state index contributed by atoms with van der Waals surface area (Å²) < 4.78 is 41.1. The van der Waals surface area contributed by atoms with Crippen LogP contribution in [-0.4, -0.2) is 14.3 Å². The minimum Gasteiger partial charge on any atom is -0.347 e. The van der Waals surface area contributed by atoms with E-state index in [0.717, 1.165) is 10.9 Å². The fraction of sp³-hybridized carbons (Fsp3) is 0.105. The number of sulfonamides is 1. The molecule has 1 aromatic heterocycles. The number of anilines is 1. The molecule has 0 fully saturated rings. The highest BCUT2D eigenvalue weighted by Gasteiger charge is 2.19. The highest BCUT2D eigenvalue weighted by molar-refractivity contribution is 7.92. The van der Waals surface area contributed by atoms with Crippen LogP contribution in [0, 0.1) is 12.7 Å². The van der Waals surface area contributed by atoms with Gasteiger partial charge in [-0.1, -0.05) is 18.2 Å². The van der Waals surface area contributed by atoms with Gasteiger partial charge in [-0.05, 0) is 54.3 Å². The Labute approximate surface area is 160 Å². The Balaban J connectivity index is 1.82. The maximum atomic E-state index is 13.4. The van der Waals surface area contributed by atoms with Gasteiger partial charge >= 0.3 is 0 Å². The lowest BCUT2D eigenvalue weighted by molar-refractivity contribution is 0.0952. The van der Waals surface area contributed by atoms with Crippen LogP contribution in [0.15, 0.2) is 64.9 Å². The van der Waals surface area contributed by atoms with Crippen LogP contribution in [0.3, 0.4) is 0 Å². The minimum absolute atomic E-state index is 0.0739. The minimum atomic E-state index is -3.96. The van der Waals surface area contributed by atoms with Gasteiger partial charge in [0, 0.05) is 4.88 Å². The highest BCUT2D eigenvalue weighted by atomic mass is 32.2. The Morgan fingerprint density at radius 3 is 2.59 bits per heavy atom. The third kappa shape index (κ3) is 4.53. The highest BCUT2D eigenvalue weighted by Crippen LogP contribution is 2.22. The van der Waals surface area contributed by atoms with E-state index in [0.29, 0.717) is 6.54 Å². The summed E-state index contributed by atoms with van der Waals surface area (Å²) in [5, 5.41) is 4.68.